The Morgan fingerprint density at radius 2 is 1.80 bits per heavy atom. The van der Waals surface area contributed by atoms with E-state index in [-0.39, 0.29) is 5.91 Å². The molecule has 3 heteroatoms. The number of methoxy groups -OCH3 is 1. The number of amides is 1. The summed E-state index contributed by atoms with van der Waals surface area (Å²) in [7, 11) is 1.70. The Morgan fingerprint density at radius 3 is 2.40 bits per heavy atom. The van der Waals surface area contributed by atoms with Crippen molar-refractivity contribution in [2.75, 3.05) is 20.2 Å². The largest absolute Gasteiger partial charge is 0.496 e. The predicted octanol–water partition coefficient (Wildman–Crippen LogP) is 3.18. The van der Waals surface area contributed by atoms with Crippen LogP contribution in [0.15, 0.2) is 6.07 Å². The number of rotatable bonds is 3. The molecular weight excluding hydrogens is 250 g/mol. The summed E-state index contributed by atoms with van der Waals surface area (Å²) in [5.41, 5.74) is 4.57. The molecule has 110 valence electrons. The average Bonchev–Trinajstić information content (AvgIpc) is 2.46. The Bertz CT molecular complexity index is 502. The summed E-state index contributed by atoms with van der Waals surface area (Å²) in [4.78, 5) is 14.4. The van der Waals surface area contributed by atoms with Gasteiger partial charge in [-0.15, -0.1) is 0 Å². The van der Waals surface area contributed by atoms with Crippen molar-refractivity contribution in [3.05, 3.63) is 28.3 Å². The van der Waals surface area contributed by atoms with Gasteiger partial charge in [-0.3, -0.25) is 4.79 Å². The third-order valence-corrected chi connectivity index (χ3v) is 4.39. The molecule has 0 N–H and O–H groups in total. The zero-order chi connectivity index (χ0) is 14.7. The fourth-order valence-corrected chi connectivity index (χ4v) is 3.06. The third-order valence-electron chi connectivity index (χ3n) is 4.39. The molecule has 2 rings (SSSR count). The molecule has 0 radical (unpaired) electrons. The van der Waals surface area contributed by atoms with Gasteiger partial charge in [-0.2, -0.15) is 0 Å². The highest BCUT2D eigenvalue weighted by molar-refractivity contribution is 5.79. The molecule has 0 unspecified atom stereocenters. The lowest BCUT2D eigenvalue weighted by atomic mass is 9.96. The maximum atomic E-state index is 12.4. The molecule has 1 aromatic rings. The molecule has 1 aromatic carbocycles. The summed E-state index contributed by atoms with van der Waals surface area (Å²) in [5, 5.41) is 0. The lowest BCUT2D eigenvalue weighted by Crippen LogP contribution is -2.36. The van der Waals surface area contributed by atoms with E-state index in [4.69, 9.17) is 4.74 Å². The van der Waals surface area contributed by atoms with E-state index in [9.17, 15) is 4.79 Å². The Kier molecular flexibility index (Phi) is 4.69. The first kappa shape index (κ1) is 14.9. The standard InChI is InChI=1S/C17H25NO2/c1-12-10-15(13(2)14(3)17(12)20-4)11-16(19)18-8-6-5-7-9-18/h10H,5-9,11H2,1-4H3. The summed E-state index contributed by atoms with van der Waals surface area (Å²) in [6.07, 6.45) is 4.05. The van der Waals surface area contributed by atoms with Crippen LogP contribution in [0.2, 0.25) is 0 Å². The fraction of sp³-hybridized carbons (Fsp3) is 0.588. The zero-order valence-corrected chi connectivity index (χ0v) is 13.1. The number of aryl methyl sites for hydroxylation is 1. The second kappa shape index (κ2) is 6.29. The van der Waals surface area contributed by atoms with Crippen LogP contribution in [0.4, 0.5) is 0 Å². The normalized spacial score (nSPS) is 15.3. The Balaban J connectivity index is 2.19. The van der Waals surface area contributed by atoms with E-state index in [1.165, 1.54) is 12.0 Å². The summed E-state index contributed by atoms with van der Waals surface area (Å²) in [6, 6.07) is 2.10. The number of carbonyl (C=O) groups is 1. The Morgan fingerprint density at radius 1 is 1.15 bits per heavy atom. The summed E-state index contributed by atoms with van der Waals surface area (Å²) in [6.45, 7) is 8.03. The van der Waals surface area contributed by atoms with Crippen LogP contribution in [0.1, 0.15) is 41.5 Å². The first-order chi connectivity index (χ1) is 9.54. The first-order valence-electron chi connectivity index (χ1n) is 7.46. The molecule has 0 aliphatic carbocycles. The monoisotopic (exact) mass is 275 g/mol. The van der Waals surface area contributed by atoms with Crippen LogP contribution in [0.25, 0.3) is 0 Å². The molecule has 0 spiro atoms. The smallest absolute Gasteiger partial charge is 0.226 e. The lowest BCUT2D eigenvalue weighted by molar-refractivity contribution is -0.131. The summed E-state index contributed by atoms with van der Waals surface area (Å²) >= 11 is 0. The molecule has 0 bridgehead atoms. The van der Waals surface area contributed by atoms with Gasteiger partial charge in [-0.05, 0) is 62.3 Å². The van der Waals surface area contributed by atoms with Gasteiger partial charge >= 0.3 is 0 Å². The molecule has 0 aromatic heterocycles. The number of ether oxygens (including phenoxy) is 1. The highest BCUT2D eigenvalue weighted by atomic mass is 16.5. The van der Waals surface area contributed by atoms with Crippen molar-refractivity contribution in [2.24, 2.45) is 0 Å². The molecule has 20 heavy (non-hydrogen) atoms. The molecule has 1 aliphatic rings. The third kappa shape index (κ3) is 2.97. The summed E-state index contributed by atoms with van der Waals surface area (Å²) < 4.78 is 5.44. The minimum absolute atomic E-state index is 0.261. The first-order valence-corrected chi connectivity index (χ1v) is 7.46. The van der Waals surface area contributed by atoms with Gasteiger partial charge in [-0.1, -0.05) is 6.07 Å². The zero-order valence-electron chi connectivity index (χ0n) is 13.1. The molecule has 0 atom stereocenters. The Hall–Kier alpha value is -1.51. The molecule has 3 nitrogen and oxygen atoms in total. The second-order valence-electron chi connectivity index (χ2n) is 5.75. The minimum Gasteiger partial charge on any atom is -0.496 e. The van der Waals surface area contributed by atoms with Gasteiger partial charge in [0.2, 0.25) is 5.91 Å². The number of likely N-dealkylation sites (tertiary alicyclic amines) is 1. The van der Waals surface area contributed by atoms with Gasteiger partial charge in [0.1, 0.15) is 5.75 Å². The van der Waals surface area contributed by atoms with Gasteiger partial charge in [0.25, 0.3) is 0 Å². The number of piperidine rings is 1. The van der Waals surface area contributed by atoms with Crippen LogP contribution in [0, 0.1) is 20.8 Å². The van der Waals surface area contributed by atoms with Crippen molar-refractivity contribution >= 4 is 5.91 Å². The number of hydrogen-bond acceptors (Lipinski definition) is 2. The van der Waals surface area contributed by atoms with E-state index in [1.54, 1.807) is 7.11 Å². The van der Waals surface area contributed by atoms with Crippen LogP contribution in [0.3, 0.4) is 0 Å². The quantitative estimate of drug-likeness (QED) is 0.848. The average molecular weight is 275 g/mol. The van der Waals surface area contributed by atoms with E-state index >= 15 is 0 Å². The molecular formula is C17H25NO2. The predicted molar refractivity (Wildman–Crippen MR) is 81.3 cm³/mol. The fourth-order valence-electron chi connectivity index (χ4n) is 3.06. The number of benzene rings is 1. The van der Waals surface area contributed by atoms with E-state index in [0.717, 1.165) is 48.4 Å². The van der Waals surface area contributed by atoms with Gasteiger partial charge in [0.05, 0.1) is 13.5 Å². The van der Waals surface area contributed by atoms with Crippen molar-refractivity contribution in [3.8, 4) is 5.75 Å². The van der Waals surface area contributed by atoms with E-state index < -0.39 is 0 Å². The van der Waals surface area contributed by atoms with E-state index in [0.29, 0.717) is 6.42 Å². The molecule has 0 saturated carbocycles. The van der Waals surface area contributed by atoms with Gasteiger partial charge in [0, 0.05) is 13.1 Å². The molecule has 1 heterocycles. The SMILES string of the molecule is COc1c(C)cc(CC(=O)N2CCCCC2)c(C)c1C. The molecule has 1 fully saturated rings. The highest BCUT2D eigenvalue weighted by Gasteiger charge is 2.19. The van der Waals surface area contributed by atoms with Crippen LogP contribution in [-0.2, 0) is 11.2 Å². The van der Waals surface area contributed by atoms with Crippen molar-refractivity contribution in [1.29, 1.82) is 0 Å². The highest BCUT2D eigenvalue weighted by Crippen LogP contribution is 2.29. The van der Waals surface area contributed by atoms with Crippen LogP contribution >= 0.6 is 0 Å². The number of carbonyl (C=O) groups excluding carboxylic acids is 1. The van der Waals surface area contributed by atoms with E-state index in [2.05, 4.69) is 19.9 Å². The number of nitrogens with zero attached hydrogens (tertiary/aromatic N) is 1. The van der Waals surface area contributed by atoms with Crippen molar-refractivity contribution in [3.63, 3.8) is 0 Å². The van der Waals surface area contributed by atoms with Crippen molar-refractivity contribution < 1.29 is 9.53 Å². The van der Waals surface area contributed by atoms with Crippen molar-refractivity contribution in [2.45, 2.75) is 46.5 Å². The molecule has 1 saturated heterocycles. The molecule has 1 aliphatic heterocycles. The lowest BCUT2D eigenvalue weighted by Gasteiger charge is -2.27. The maximum Gasteiger partial charge on any atom is 0.226 e. The topological polar surface area (TPSA) is 29.5 Å². The van der Waals surface area contributed by atoms with E-state index in [1.807, 2.05) is 11.8 Å². The van der Waals surface area contributed by atoms with Gasteiger partial charge in [-0.25, -0.2) is 0 Å². The van der Waals surface area contributed by atoms with Gasteiger partial charge in [0.15, 0.2) is 0 Å². The van der Waals surface area contributed by atoms with Crippen LogP contribution in [0.5, 0.6) is 5.75 Å². The second-order valence-corrected chi connectivity index (χ2v) is 5.75. The summed E-state index contributed by atoms with van der Waals surface area (Å²) in [5.74, 6) is 1.20. The number of hydrogen-bond donors (Lipinski definition) is 0. The minimum atomic E-state index is 0.261. The maximum absolute atomic E-state index is 12.4. The van der Waals surface area contributed by atoms with Crippen molar-refractivity contribution in [1.82, 2.24) is 4.90 Å². The van der Waals surface area contributed by atoms with Crippen LogP contribution in [-0.4, -0.2) is 31.0 Å². The van der Waals surface area contributed by atoms with Crippen LogP contribution < -0.4 is 4.74 Å². The Labute approximate surface area is 121 Å². The van der Waals surface area contributed by atoms with Gasteiger partial charge < -0.3 is 9.64 Å². The molecule has 1 amide bonds.